The number of ketones is 1. The lowest BCUT2D eigenvalue weighted by molar-refractivity contribution is -0.119. The van der Waals surface area contributed by atoms with Gasteiger partial charge in [0.2, 0.25) is 0 Å². The number of fused-ring (bicyclic) bond motifs is 1. The average Bonchev–Trinajstić information content (AvgIpc) is 3.16. The maximum Gasteiger partial charge on any atom is 0.133 e. The minimum Gasteiger partial charge on any atom is -0.302 e. The molecule has 0 aromatic carbocycles. The van der Waals surface area contributed by atoms with Gasteiger partial charge < -0.3 is 4.90 Å². The number of Topliss-reactive ketones (excluding diaryl/α,β-unsaturated/α-hetero) is 1. The quantitative estimate of drug-likeness (QED) is 0.571. The summed E-state index contributed by atoms with van der Waals surface area (Å²) in [7, 11) is 0. The molecule has 0 N–H and O–H groups in total. The molecule has 2 rings (SSSR count). The average molecular weight is 375 g/mol. The van der Waals surface area contributed by atoms with Crippen LogP contribution in [0.1, 0.15) is 61.3 Å². The van der Waals surface area contributed by atoms with Gasteiger partial charge in [0.1, 0.15) is 5.78 Å². The molecule has 0 aromatic rings. The van der Waals surface area contributed by atoms with Gasteiger partial charge in [-0.2, -0.15) is 0 Å². The summed E-state index contributed by atoms with van der Waals surface area (Å²) in [6.07, 6.45) is 8.40. The number of likely N-dealkylation sites (tertiary alicyclic amines) is 2. The van der Waals surface area contributed by atoms with Crippen LogP contribution >= 0.6 is 0 Å². The zero-order valence-corrected chi connectivity index (χ0v) is 18.8. The van der Waals surface area contributed by atoms with Gasteiger partial charge in [-0.25, -0.2) is 0 Å². The molecule has 2 fully saturated rings. The molecule has 3 nitrogen and oxygen atoms in total. The first kappa shape index (κ1) is 22.4. The highest BCUT2D eigenvalue weighted by molar-refractivity contribution is 5.78. The minimum atomic E-state index is 0.210. The predicted octanol–water partition coefficient (Wildman–Crippen LogP) is 4.79. The first-order valence-electron chi connectivity index (χ1n) is 11.0. The Morgan fingerprint density at radius 1 is 1.11 bits per heavy atom. The number of hydrogen-bond acceptors (Lipinski definition) is 3. The van der Waals surface area contributed by atoms with Crippen LogP contribution in [0.5, 0.6) is 0 Å². The summed E-state index contributed by atoms with van der Waals surface area (Å²) in [5.41, 5.74) is 1.62. The van der Waals surface area contributed by atoms with E-state index in [1.54, 1.807) is 0 Å². The van der Waals surface area contributed by atoms with Gasteiger partial charge in [0.25, 0.3) is 0 Å². The van der Waals surface area contributed by atoms with E-state index in [4.69, 9.17) is 0 Å². The van der Waals surface area contributed by atoms with Crippen molar-refractivity contribution in [2.75, 3.05) is 32.7 Å². The van der Waals surface area contributed by atoms with Crippen molar-refractivity contribution in [1.82, 2.24) is 9.80 Å². The monoisotopic (exact) mass is 374 g/mol. The van der Waals surface area contributed by atoms with E-state index >= 15 is 0 Å². The fourth-order valence-corrected chi connectivity index (χ4v) is 4.63. The van der Waals surface area contributed by atoms with Gasteiger partial charge in [0, 0.05) is 51.6 Å². The summed E-state index contributed by atoms with van der Waals surface area (Å²) in [6.45, 7) is 21.5. The summed E-state index contributed by atoms with van der Waals surface area (Å²) in [6, 6.07) is 0.583. The number of carbonyl (C=O) groups excluding carboxylic acids is 1. The summed E-state index contributed by atoms with van der Waals surface area (Å²) in [4.78, 5) is 16.8. The van der Waals surface area contributed by atoms with E-state index in [0.29, 0.717) is 24.2 Å². The highest BCUT2D eigenvalue weighted by atomic mass is 16.1. The first-order valence-corrected chi connectivity index (χ1v) is 11.0. The van der Waals surface area contributed by atoms with Crippen molar-refractivity contribution < 1.29 is 4.79 Å². The van der Waals surface area contributed by atoms with E-state index in [-0.39, 0.29) is 5.41 Å². The number of carbonyl (C=O) groups is 1. The molecule has 154 valence electrons. The standard InChI is InChI=1S/C24H42N2O/c1-8-22(24(5,6)7)11-10-18(3)19(4)26-16-20-14-25(15-21(20)17-26)13-12-23(27)9-2/h8,10-11,18-21H,9,12-17H2,1-7H3. The lowest BCUT2D eigenvalue weighted by Crippen LogP contribution is -2.38. The zero-order valence-electron chi connectivity index (χ0n) is 18.8. The normalized spacial score (nSPS) is 27.3. The highest BCUT2D eigenvalue weighted by Crippen LogP contribution is 2.34. The fraction of sp³-hybridized carbons (Fsp3) is 0.792. The molecule has 4 unspecified atom stereocenters. The summed E-state index contributed by atoms with van der Waals surface area (Å²) < 4.78 is 0. The molecule has 0 saturated carbocycles. The van der Waals surface area contributed by atoms with Gasteiger partial charge in [0.15, 0.2) is 0 Å². The second kappa shape index (κ2) is 9.52. The van der Waals surface area contributed by atoms with Crippen LogP contribution in [0.3, 0.4) is 0 Å². The summed E-state index contributed by atoms with van der Waals surface area (Å²) >= 11 is 0. The first-order chi connectivity index (χ1) is 12.7. The van der Waals surface area contributed by atoms with E-state index in [0.717, 1.165) is 24.8 Å². The van der Waals surface area contributed by atoms with Crippen molar-refractivity contribution in [2.45, 2.75) is 67.3 Å². The van der Waals surface area contributed by atoms with Crippen LogP contribution in [0.25, 0.3) is 0 Å². The maximum absolute atomic E-state index is 11.6. The molecule has 0 aliphatic carbocycles. The van der Waals surface area contributed by atoms with Crippen LogP contribution < -0.4 is 0 Å². The Labute approximate surface area is 167 Å². The molecule has 0 aromatic heterocycles. The number of hydrogen-bond donors (Lipinski definition) is 0. The molecular formula is C24H42N2O. The summed E-state index contributed by atoms with van der Waals surface area (Å²) in [5.74, 6) is 2.54. The van der Waals surface area contributed by atoms with Crippen LogP contribution in [-0.4, -0.2) is 54.3 Å². The molecule has 0 amide bonds. The lowest BCUT2D eigenvalue weighted by Gasteiger charge is -2.30. The van der Waals surface area contributed by atoms with Crippen LogP contribution in [0.15, 0.2) is 23.8 Å². The molecular weight excluding hydrogens is 332 g/mol. The molecule has 2 aliphatic rings. The predicted molar refractivity (Wildman–Crippen MR) is 116 cm³/mol. The molecule has 2 saturated heterocycles. The fourth-order valence-electron chi connectivity index (χ4n) is 4.63. The Morgan fingerprint density at radius 3 is 2.19 bits per heavy atom. The lowest BCUT2D eigenvalue weighted by atomic mass is 9.85. The van der Waals surface area contributed by atoms with Crippen molar-refractivity contribution in [3.05, 3.63) is 23.8 Å². The third kappa shape index (κ3) is 6.02. The highest BCUT2D eigenvalue weighted by Gasteiger charge is 2.41. The van der Waals surface area contributed by atoms with Crippen molar-refractivity contribution >= 4 is 5.78 Å². The molecule has 2 aliphatic heterocycles. The molecule has 4 atom stereocenters. The van der Waals surface area contributed by atoms with E-state index < -0.39 is 0 Å². The Morgan fingerprint density at radius 2 is 1.70 bits per heavy atom. The molecule has 0 radical (unpaired) electrons. The third-order valence-electron chi connectivity index (χ3n) is 6.78. The van der Waals surface area contributed by atoms with Crippen molar-refractivity contribution in [1.29, 1.82) is 0 Å². The van der Waals surface area contributed by atoms with Gasteiger partial charge >= 0.3 is 0 Å². The van der Waals surface area contributed by atoms with Crippen LogP contribution in [0.2, 0.25) is 0 Å². The number of rotatable bonds is 8. The molecule has 27 heavy (non-hydrogen) atoms. The minimum absolute atomic E-state index is 0.210. The van der Waals surface area contributed by atoms with Crippen molar-refractivity contribution in [3.8, 4) is 0 Å². The summed E-state index contributed by atoms with van der Waals surface area (Å²) in [5, 5.41) is 0. The number of nitrogens with zero attached hydrogens (tertiary/aromatic N) is 2. The van der Waals surface area contributed by atoms with E-state index in [1.165, 1.54) is 31.8 Å². The molecule has 0 bridgehead atoms. The second-order valence-electron chi connectivity index (χ2n) is 9.83. The topological polar surface area (TPSA) is 23.6 Å². The van der Waals surface area contributed by atoms with E-state index in [2.05, 4.69) is 69.6 Å². The second-order valence-corrected chi connectivity index (χ2v) is 9.83. The Kier molecular flexibility index (Phi) is 7.88. The zero-order chi connectivity index (χ0) is 20.2. The van der Waals surface area contributed by atoms with E-state index in [1.807, 2.05) is 6.92 Å². The maximum atomic E-state index is 11.6. The number of allylic oxidation sites excluding steroid dienone is 3. The molecule has 0 spiro atoms. The van der Waals surface area contributed by atoms with Crippen LogP contribution in [0.4, 0.5) is 0 Å². The van der Waals surface area contributed by atoms with Gasteiger partial charge in [0.05, 0.1) is 0 Å². The van der Waals surface area contributed by atoms with Gasteiger partial charge in [-0.05, 0) is 42.6 Å². The smallest absolute Gasteiger partial charge is 0.133 e. The molecule has 3 heteroatoms. The van der Waals surface area contributed by atoms with Crippen molar-refractivity contribution in [3.63, 3.8) is 0 Å². The Bertz CT molecular complexity index is 543. The third-order valence-corrected chi connectivity index (χ3v) is 6.78. The van der Waals surface area contributed by atoms with Crippen LogP contribution in [-0.2, 0) is 4.79 Å². The Balaban J connectivity index is 1.83. The van der Waals surface area contributed by atoms with Gasteiger partial charge in [-0.3, -0.25) is 9.69 Å². The largest absolute Gasteiger partial charge is 0.302 e. The van der Waals surface area contributed by atoms with Gasteiger partial charge in [-0.15, -0.1) is 0 Å². The Hall–Kier alpha value is -0.930. The van der Waals surface area contributed by atoms with Gasteiger partial charge in [-0.1, -0.05) is 52.8 Å². The van der Waals surface area contributed by atoms with Crippen molar-refractivity contribution in [2.24, 2.45) is 23.2 Å². The molecule has 2 heterocycles. The SMILES string of the molecule is CC=C(C=CC(C)C(C)N1CC2CN(CCC(=O)CC)CC2C1)C(C)(C)C. The van der Waals surface area contributed by atoms with E-state index in [9.17, 15) is 4.79 Å². The van der Waals surface area contributed by atoms with Crippen LogP contribution in [0, 0.1) is 23.2 Å².